The third-order valence-corrected chi connectivity index (χ3v) is 5.67. The lowest BCUT2D eigenvalue weighted by Crippen LogP contribution is -2.24. The molecule has 1 N–H and O–H groups in total. The third kappa shape index (κ3) is 10.3. The fraction of sp³-hybridized carbons (Fsp3) is 0.864. The quantitative estimate of drug-likeness (QED) is 0.350. The Bertz CT molecular complexity index is 517. The Hall–Kier alpha value is -1.33. The molecule has 28 heavy (non-hydrogen) atoms. The Morgan fingerprint density at radius 2 is 1.82 bits per heavy atom. The summed E-state index contributed by atoms with van der Waals surface area (Å²) in [7, 11) is 0. The molecule has 0 aromatic heterocycles. The van der Waals surface area contributed by atoms with Gasteiger partial charge in [-0.2, -0.15) is 0 Å². The Labute approximate surface area is 167 Å². The molecular weight excluding hydrogens is 366 g/mol. The maximum atomic E-state index is 14.0. The minimum absolute atomic E-state index is 0.0786. The summed E-state index contributed by atoms with van der Waals surface area (Å²) in [5.74, 6) is -3.96. The Balaban J connectivity index is 2.36. The van der Waals surface area contributed by atoms with Gasteiger partial charge in [-0.15, -0.1) is 0 Å². The summed E-state index contributed by atoms with van der Waals surface area (Å²) in [5, 5.41) is 8.62. The van der Waals surface area contributed by atoms with Crippen molar-refractivity contribution in [1.29, 1.82) is 0 Å². The molecule has 1 aliphatic carbocycles. The molecular formula is C22H36F2O4. The molecule has 6 heteroatoms. The van der Waals surface area contributed by atoms with Crippen LogP contribution in [-0.4, -0.2) is 28.6 Å². The maximum Gasteiger partial charge on any atom is 0.303 e. The van der Waals surface area contributed by atoms with Gasteiger partial charge in [0.25, 0.3) is 5.92 Å². The van der Waals surface area contributed by atoms with Crippen LogP contribution in [0.1, 0.15) is 97.3 Å². The van der Waals surface area contributed by atoms with Crippen molar-refractivity contribution in [3.63, 3.8) is 0 Å². The first-order chi connectivity index (χ1) is 13.1. The van der Waals surface area contributed by atoms with Crippen molar-refractivity contribution in [1.82, 2.24) is 0 Å². The van der Waals surface area contributed by atoms with E-state index < -0.39 is 24.1 Å². The predicted molar refractivity (Wildman–Crippen MR) is 104 cm³/mol. The molecule has 4 nitrogen and oxygen atoms in total. The van der Waals surface area contributed by atoms with E-state index in [9.17, 15) is 23.2 Å². The number of aliphatic carboxylic acids is 1. The van der Waals surface area contributed by atoms with E-state index in [0.29, 0.717) is 38.0 Å². The number of carbonyl (C=O) groups excluding carboxylic acids is 2. The summed E-state index contributed by atoms with van der Waals surface area (Å²) in [6, 6.07) is 0. The summed E-state index contributed by atoms with van der Waals surface area (Å²) < 4.78 is 28.0. The lowest BCUT2D eigenvalue weighted by Gasteiger charge is -2.20. The Kier molecular flexibility index (Phi) is 10.8. The minimum Gasteiger partial charge on any atom is -0.481 e. The van der Waals surface area contributed by atoms with Crippen molar-refractivity contribution < 1.29 is 28.3 Å². The first-order valence-electron chi connectivity index (χ1n) is 10.7. The summed E-state index contributed by atoms with van der Waals surface area (Å²) >= 11 is 0. The topological polar surface area (TPSA) is 71.4 Å². The van der Waals surface area contributed by atoms with Gasteiger partial charge in [0.05, 0.1) is 6.42 Å². The number of unbranched alkanes of at least 4 members (excludes halogenated alkanes) is 3. The Morgan fingerprint density at radius 3 is 2.46 bits per heavy atom. The molecule has 0 amide bonds. The smallest absolute Gasteiger partial charge is 0.303 e. The first kappa shape index (κ1) is 24.7. The number of carbonyl (C=O) groups is 3. The molecule has 0 aromatic rings. The highest BCUT2D eigenvalue weighted by Crippen LogP contribution is 2.37. The van der Waals surface area contributed by atoms with E-state index in [1.165, 1.54) is 0 Å². The van der Waals surface area contributed by atoms with Crippen molar-refractivity contribution in [2.75, 3.05) is 0 Å². The zero-order chi connectivity index (χ0) is 21.2. The average molecular weight is 403 g/mol. The highest BCUT2D eigenvalue weighted by molar-refractivity contribution is 5.85. The van der Waals surface area contributed by atoms with E-state index in [0.717, 1.165) is 25.7 Å². The fourth-order valence-electron chi connectivity index (χ4n) is 4.12. The van der Waals surface area contributed by atoms with E-state index in [2.05, 4.69) is 0 Å². The van der Waals surface area contributed by atoms with Gasteiger partial charge in [0.1, 0.15) is 11.6 Å². The van der Waals surface area contributed by atoms with E-state index in [4.69, 9.17) is 5.11 Å². The molecule has 0 saturated heterocycles. The normalized spacial score (nSPS) is 20.1. The monoisotopic (exact) mass is 402 g/mol. The van der Waals surface area contributed by atoms with Crippen LogP contribution in [0.4, 0.5) is 8.78 Å². The van der Waals surface area contributed by atoms with Gasteiger partial charge in [0.2, 0.25) is 0 Å². The summed E-state index contributed by atoms with van der Waals surface area (Å²) in [6.07, 6.45) is 5.25. The largest absolute Gasteiger partial charge is 0.481 e. The summed E-state index contributed by atoms with van der Waals surface area (Å²) in [5.41, 5.74) is 0. The predicted octanol–water partition coefficient (Wildman–Crippen LogP) is 5.82. The number of rotatable bonds is 15. The van der Waals surface area contributed by atoms with Crippen LogP contribution in [0.25, 0.3) is 0 Å². The van der Waals surface area contributed by atoms with Crippen LogP contribution >= 0.6 is 0 Å². The van der Waals surface area contributed by atoms with Gasteiger partial charge < -0.3 is 5.11 Å². The minimum atomic E-state index is -2.95. The van der Waals surface area contributed by atoms with Crippen LogP contribution in [0.2, 0.25) is 0 Å². The average Bonchev–Trinajstić information content (AvgIpc) is 2.89. The molecule has 2 atom stereocenters. The molecule has 0 bridgehead atoms. The second kappa shape index (κ2) is 12.3. The number of carboxylic acid groups (broad SMARTS) is 1. The molecule has 0 aliphatic heterocycles. The highest BCUT2D eigenvalue weighted by atomic mass is 19.3. The molecule has 0 unspecified atom stereocenters. The maximum absolute atomic E-state index is 14.0. The van der Waals surface area contributed by atoms with Gasteiger partial charge in [0, 0.05) is 31.6 Å². The van der Waals surface area contributed by atoms with Crippen molar-refractivity contribution >= 4 is 17.5 Å². The molecule has 162 valence electrons. The third-order valence-electron chi connectivity index (χ3n) is 5.67. The molecule has 1 aliphatic rings. The van der Waals surface area contributed by atoms with Crippen molar-refractivity contribution in [2.45, 2.75) is 103 Å². The van der Waals surface area contributed by atoms with Gasteiger partial charge in [0.15, 0.2) is 0 Å². The zero-order valence-electron chi connectivity index (χ0n) is 17.4. The molecule has 0 radical (unpaired) electrons. The molecule has 1 rings (SSSR count). The summed E-state index contributed by atoms with van der Waals surface area (Å²) in [4.78, 5) is 34.8. The highest BCUT2D eigenvalue weighted by Gasteiger charge is 2.37. The number of ketones is 2. The van der Waals surface area contributed by atoms with Gasteiger partial charge in [-0.05, 0) is 37.5 Å². The van der Waals surface area contributed by atoms with E-state index in [1.807, 2.05) is 13.8 Å². The number of halogens is 2. The standard InChI is InChI=1S/C22H36F2O4/c1-16(2)8-7-13-22(23,24)15-18(25)14-17-11-12-20(26)19(17)9-5-3-4-6-10-21(27)28/h16-17,19H,3-15H2,1-2H3,(H,27,28)/t17-,19-/m1/s1. The SMILES string of the molecule is CC(C)CCCC(F)(F)CC(=O)C[C@H]1CCC(=O)[C@@H]1CCCCCCC(=O)O. The first-order valence-corrected chi connectivity index (χ1v) is 10.7. The van der Waals surface area contributed by atoms with Gasteiger partial charge in [-0.25, -0.2) is 8.78 Å². The molecule has 1 saturated carbocycles. The van der Waals surface area contributed by atoms with Crippen LogP contribution < -0.4 is 0 Å². The van der Waals surface area contributed by atoms with Gasteiger partial charge >= 0.3 is 5.97 Å². The molecule has 0 heterocycles. The number of carboxylic acids is 1. The Morgan fingerprint density at radius 1 is 1.14 bits per heavy atom. The van der Waals surface area contributed by atoms with Crippen LogP contribution in [0.3, 0.4) is 0 Å². The van der Waals surface area contributed by atoms with Gasteiger partial charge in [-0.3, -0.25) is 14.4 Å². The fourth-order valence-corrected chi connectivity index (χ4v) is 4.12. The molecule has 0 spiro atoms. The van der Waals surface area contributed by atoms with Crippen molar-refractivity contribution in [2.24, 2.45) is 17.8 Å². The van der Waals surface area contributed by atoms with Crippen LogP contribution in [-0.2, 0) is 14.4 Å². The number of Topliss-reactive ketones (excluding diaryl/α,β-unsaturated/α-hetero) is 2. The van der Waals surface area contributed by atoms with E-state index in [-0.39, 0.29) is 36.9 Å². The van der Waals surface area contributed by atoms with Crippen LogP contribution in [0.15, 0.2) is 0 Å². The second-order valence-electron chi connectivity index (χ2n) is 8.78. The van der Waals surface area contributed by atoms with E-state index >= 15 is 0 Å². The zero-order valence-corrected chi connectivity index (χ0v) is 17.4. The number of alkyl halides is 2. The van der Waals surface area contributed by atoms with Gasteiger partial charge in [-0.1, -0.05) is 39.5 Å². The van der Waals surface area contributed by atoms with Crippen LogP contribution in [0, 0.1) is 17.8 Å². The lowest BCUT2D eigenvalue weighted by molar-refractivity contribution is -0.137. The lowest BCUT2D eigenvalue weighted by atomic mass is 9.85. The van der Waals surface area contributed by atoms with Crippen LogP contribution in [0.5, 0.6) is 0 Å². The molecule has 1 fully saturated rings. The number of hydrogen-bond donors (Lipinski definition) is 1. The molecule has 0 aromatic carbocycles. The second-order valence-corrected chi connectivity index (χ2v) is 8.78. The van der Waals surface area contributed by atoms with Crippen molar-refractivity contribution in [3.05, 3.63) is 0 Å². The summed E-state index contributed by atoms with van der Waals surface area (Å²) in [6.45, 7) is 3.99. The van der Waals surface area contributed by atoms with E-state index in [1.54, 1.807) is 0 Å². The number of hydrogen-bond acceptors (Lipinski definition) is 3. The van der Waals surface area contributed by atoms with Crippen molar-refractivity contribution in [3.8, 4) is 0 Å².